The van der Waals surface area contributed by atoms with Gasteiger partial charge in [-0.25, -0.2) is 9.78 Å². The zero-order chi connectivity index (χ0) is 29.6. The van der Waals surface area contributed by atoms with Crippen molar-refractivity contribution in [2.24, 2.45) is 11.3 Å². The van der Waals surface area contributed by atoms with Crippen molar-refractivity contribution in [2.75, 3.05) is 31.1 Å². The molecule has 1 saturated carbocycles. The molecule has 220 valence electrons. The molecule has 3 aliphatic rings. The molecular weight excluding hydrogens is 530 g/mol. The van der Waals surface area contributed by atoms with Gasteiger partial charge in [-0.3, -0.25) is 4.79 Å². The number of anilines is 1. The Kier molecular flexibility index (Phi) is 7.11. The minimum absolute atomic E-state index is 0.208. The average Bonchev–Trinajstić information content (AvgIpc) is 3.59. The number of aryl methyl sites for hydroxylation is 1. The summed E-state index contributed by atoms with van der Waals surface area (Å²) in [5, 5.41) is 9.70. The average molecular weight is 570 g/mol. The van der Waals surface area contributed by atoms with Crippen LogP contribution in [-0.2, 0) is 29.0 Å². The highest BCUT2D eigenvalue weighted by Gasteiger charge is 2.65. The summed E-state index contributed by atoms with van der Waals surface area (Å²) in [6.07, 6.45) is 2.07. The highest BCUT2D eigenvalue weighted by Crippen LogP contribution is 2.58. The van der Waals surface area contributed by atoms with Gasteiger partial charge in [-0.1, -0.05) is 36.4 Å². The molecule has 0 spiro atoms. The molecule has 3 aromatic rings. The molecule has 0 bridgehead atoms. The second-order valence-electron chi connectivity index (χ2n) is 12.9. The van der Waals surface area contributed by atoms with Crippen molar-refractivity contribution < 1.29 is 24.2 Å². The van der Waals surface area contributed by atoms with Crippen LogP contribution in [0.2, 0.25) is 0 Å². The number of carboxylic acid groups (broad SMARTS) is 1. The van der Waals surface area contributed by atoms with Crippen LogP contribution in [0.25, 0.3) is 11.3 Å². The molecule has 42 heavy (non-hydrogen) atoms. The highest BCUT2D eigenvalue weighted by molar-refractivity contribution is 5.81. The molecule has 2 aromatic carbocycles. The summed E-state index contributed by atoms with van der Waals surface area (Å²) < 4.78 is 12.1. The van der Waals surface area contributed by atoms with Crippen LogP contribution >= 0.6 is 0 Å². The Balaban J connectivity index is 1.16. The molecule has 6 rings (SSSR count). The standard InChI is InChI=1S/C34H39N3O5/c1-22-7-5-8-27(28-9-6-10-29(35-28)37-19-26-18-34(26,21-37)31(38)39)30(22)41-20-23-11-12-24-13-15-36(16-14-25(24)17-23)32(40)42-33(2,3)4/h5-12,17,26H,13-16,18-21H2,1-4H3,(H,38,39)/t26?,34-/m0/s1. The molecule has 1 unspecified atom stereocenters. The van der Waals surface area contributed by atoms with Gasteiger partial charge < -0.3 is 24.4 Å². The van der Waals surface area contributed by atoms with Crippen LogP contribution in [-0.4, -0.2) is 58.8 Å². The van der Waals surface area contributed by atoms with Gasteiger partial charge in [0.15, 0.2) is 0 Å². The van der Waals surface area contributed by atoms with Crippen LogP contribution in [0.3, 0.4) is 0 Å². The van der Waals surface area contributed by atoms with Gasteiger partial charge >= 0.3 is 12.1 Å². The second-order valence-corrected chi connectivity index (χ2v) is 12.9. The van der Waals surface area contributed by atoms with Crippen molar-refractivity contribution in [3.63, 3.8) is 0 Å². The van der Waals surface area contributed by atoms with E-state index in [1.165, 1.54) is 11.1 Å². The first-order chi connectivity index (χ1) is 20.0. The number of hydrogen-bond acceptors (Lipinski definition) is 6. The monoisotopic (exact) mass is 569 g/mol. The SMILES string of the molecule is Cc1cccc(-c2cccc(N3CC4C[C@]4(C(=O)O)C3)n2)c1OCc1ccc2c(c1)CCN(C(=O)OC(C)(C)C)CC2. The van der Waals surface area contributed by atoms with Crippen molar-refractivity contribution in [2.45, 2.75) is 59.2 Å². The lowest BCUT2D eigenvalue weighted by molar-refractivity contribution is -0.143. The summed E-state index contributed by atoms with van der Waals surface area (Å²) in [5.41, 5.74) is 5.20. The van der Waals surface area contributed by atoms with Crippen LogP contribution in [0.1, 0.15) is 49.4 Å². The summed E-state index contributed by atoms with van der Waals surface area (Å²) in [6, 6.07) is 18.4. The number of benzene rings is 2. The van der Waals surface area contributed by atoms with Gasteiger partial charge in [-0.15, -0.1) is 0 Å². The number of piperidine rings is 1. The number of carbonyl (C=O) groups excluding carboxylic acids is 1. The number of rotatable bonds is 6. The lowest BCUT2D eigenvalue weighted by Gasteiger charge is -2.26. The fourth-order valence-corrected chi connectivity index (χ4v) is 6.32. The Morgan fingerprint density at radius 1 is 1.05 bits per heavy atom. The maximum Gasteiger partial charge on any atom is 0.410 e. The summed E-state index contributed by atoms with van der Waals surface area (Å²) in [4.78, 5) is 33.3. The van der Waals surface area contributed by atoms with Crippen molar-refractivity contribution >= 4 is 17.9 Å². The van der Waals surface area contributed by atoms with Gasteiger partial charge in [0.1, 0.15) is 23.8 Å². The minimum Gasteiger partial charge on any atom is -0.488 e. The third kappa shape index (κ3) is 5.54. The number of nitrogens with zero attached hydrogens (tertiary/aromatic N) is 3. The number of amides is 1. The van der Waals surface area contributed by atoms with Crippen LogP contribution in [0.15, 0.2) is 54.6 Å². The van der Waals surface area contributed by atoms with Crippen LogP contribution in [0.4, 0.5) is 10.6 Å². The number of aromatic nitrogens is 1. The fourth-order valence-electron chi connectivity index (χ4n) is 6.32. The van der Waals surface area contributed by atoms with E-state index in [2.05, 4.69) is 23.1 Å². The summed E-state index contributed by atoms with van der Waals surface area (Å²) in [6.45, 7) is 10.6. The number of ether oxygens (including phenoxy) is 2. The van der Waals surface area contributed by atoms with E-state index in [1.807, 2.05) is 64.1 Å². The third-order valence-electron chi connectivity index (χ3n) is 8.73. The molecule has 2 aliphatic heterocycles. The van der Waals surface area contributed by atoms with E-state index >= 15 is 0 Å². The smallest absolute Gasteiger partial charge is 0.410 e. The van der Waals surface area contributed by atoms with Gasteiger partial charge in [0.2, 0.25) is 0 Å². The van der Waals surface area contributed by atoms with Gasteiger partial charge in [-0.2, -0.15) is 0 Å². The maximum absolute atomic E-state index is 12.6. The number of carboxylic acids is 1. The molecule has 0 radical (unpaired) electrons. The number of hydrogen-bond donors (Lipinski definition) is 1. The number of aliphatic carboxylic acids is 1. The fraction of sp³-hybridized carbons (Fsp3) is 0.441. The summed E-state index contributed by atoms with van der Waals surface area (Å²) in [7, 11) is 0. The van der Waals surface area contributed by atoms with Crippen molar-refractivity contribution in [1.82, 2.24) is 9.88 Å². The quantitative estimate of drug-likeness (QED) is 0.396. The lowest BCUT2D eigenvalue weighted by atomic mass is 10.0. The van der Waals surface area contributed by atoms with Crippen molar-refractivity contribution in [1.29, 1.82) is 0 Å². The molecule has 8 nitrogen and oxygen atoms in total. The number of carbonyl (C=O) groups is 2. The molecule has 8 heteroatoms. The predicted molar refractivity (Wildman–Crippen MR) is 161 cm³/mol. The predicted octanol–water partition coefficient (Wildman–Crippen LogP) is 5.88. The Bertz CT molecular complexity index is 1530. The Morgan fingerprint density at radius 3 is 2.55 bits per heavy atom. The zero-order valence-corrected chi connectivity index (χ0v) is 24.9. The van der Waals surface area contributed by atoms with E-state index in [0.717, 1.165) is 59.8 Å². The molecule has 2 atom stereocenters. The normalized spacial score (nSPS) is 21.3. The first kappa shape index (κ1) is 28.1. The lowest BCUT2D eigenvalue weighted by Crippen LogP contribution is -2.38. The van der Waals surface area contributed by atoms with Crippen molar-refractivity contribution in [3.05, 3.63) is 76.9 Å². The second kappa shape index (κ2) is 10.6. The summed E-state index contributed by atoms with van der Waals surface area (Å²) in [5.74, 6) is 1.11. The first-order valence-electron chi connectivity index (χ1n) is 14.8. The summed E-state index contributed by atoms with van der Waals surface area (Å²) >= 11 is 0. The largest absolute Gasteiger partial charge is 0.488 e. The van der Waals surface area contributed by atoms with Gasteiger partial charge in [-0.05, 0) is 93.3 Å². The number of para-hydroxylation sites is 1. The van der Waals surface area contributed by atoms with Gasteiger partial charge in [0.05, 0.1) is 11.1 Å². The molecule has 2 fully saturated rings. The molecular formula is C34H39N3O5. The molecule has 1 aliphatic carbocycles. The van der Waals surface area contributed by atoms with E-state index < -0.39 is 17.0 Å². The van der Waals surface area contributed by atoms with E-state index in [9.17, 15) is 14.7 Å². The highest BCUT2D eigenvalue weighted by atomic mass is 16.6. The van der Waals surface area contributed by atoms with Gasteiger partial charge in [0.25, 0.3) is 0 Å². The minimum atomic E-state index is -0.696. The zero-order valence-electron chi connectivity index (χ0n) is 24.9. The third-order valence-corrected chi connectivity index (χ3v) is 8.73. The van der Waals surface area contributed by atoms with E-state index in [4.69, 9.17) is 14.5 Å². The van der Waals surface area contributed by atoms with Crippen molar-refractivity contribution in [3.8, 4) is 17.0 Å². The van der Waals surface area contributed by atoms with E-state index in [0.29, 0.717) is 26.2 Å². The molecule has 3 heterocycles. The number of pyridine rings is 1. The molecule has 1 aromatic heterocycles. The van der Waals surface area contributed by atoms with Crippen LogP contribution in [0, 0.1) is 18.3 Å². The van der Waals surface area contributed by atoms with E-state index in [1.54, 1.807) is 4.90 Å². The first-order valence-corrected chi connectivity index (χ1v) is 14.8. The van der Waals surface area contributed by atoms with Gasteiger partial charge in [0, 0.05) is 31.7 Å². The van der Waals surface area contributed by atoms with Crippen LogP contribution in [0.5, 0.6) is 5.75 Å². The molecule has 1 amide bonds. The maximum atomic E-state index is 12.6. The van der Waals surface area contributed by atoms with E-state index in [-0.39, 0.29) is 12.0 Å². The Hall–Kier alpha value is -4.07. The number of fused-ring (bicyclic) bond motifs is 2. The molecule has 1 N–H and O–H groups in total. The van der Waals surface area contributed by atoms with Crippen LogP contribution < -0.4 is 9.64 Å². The molecule has 1 saturated heterocycles. The Morgan fingerprint density at radius 2 is 1.81 bits per heavy atom. The topological polar surface area (TPSA) is 92.2 Å². The Labute approximate surface area is 247 Å².